The molecule has 25 heavy (non-hydrogen) atoms. The molecule has 138 valence electrons. The van der Waals surface area contributed by atoms with Crippen molar-refractivity contribution in [2.45, 2.75) is 71.3 Å². The van der Waals surface area contributed by atoms with E-state index < -0.39 is 0 Å². The molecule has 4 aliphatic carbocycles. The van der Waals surface area contributed by atoms with Crippen LogP contribution in [-0.4, -0.2) is 29.6 Å². The van der Waals surface area contributed by atoms with Crippen molar-refractivity contribution in [1.29, 1.82) is 0 Å². The molecule has 0 amide bonds. The number of rotatable bonds is 2. The maximum atomic E-state index is 12.5. The quantitative estimate of drug-likeness (QED) is 0.615. The van der Waals surface area contributed by atoms with Crippen LogP contribution in [-0.2, 0) is 14.3 Å². The first-order chi connectivity index (χ1) is 11.9. The normalized spacial score (nSPS) is 45.9. The van der Waals surface area contributed by atoms with Crippen LogP contribution in [0.1, 0.15) is 65.2 Å². The maximum absolute atomic E-state index is 12.5. The first-order valence-corrected chi connectivity index (χ1v) is 9.91. The van der Waals surface area contributed by atoms with E-state index in [1.54, 1.807) is 0 Å². The number of esters is 1. The summed E-state index contributed by atoms with van der Waals surface area (Å²) < 4.78 is 5.46. The van der Waals surface area contributed by atoms with Gasteiger partial charge in [0.2, 0.25) is 0 Å². The van der Waals surface area contributed by atoms with Crippen LogP contribution in [0.5, 0.6) is 0 Å². The average molecular weight is 346 g/mol. The summed E-state index contributed by atoms with van der Waals surface area (Å²) in [5, 5.41) is 10.4. The van der Waals surface area contributed by atoms with Crippen molar-refractivity contribution in [3.05, 3.63) is 11.6 Å². The summed E-state index contributed by atoms with van der Waals surface area (Å²) in [5.74, 6) is 1.72. The highest BCUT2D eigenvalue weighted by Crippen LogP contribution is 2.64. The van der Waals surface area contributed by atoms with Crippen molar-refractivity contribution in [2.75, 3.05) is 6.61 Å². The second-order valence-electron chi connectivity index (χ2n) is 9.05. The predicted octanol–water partition coefficient (Wildman–Crippen LogP) is 3.42. The molecule has 4 rings (SSSR count). The van der Waals surface area contributed by atoms with E-state index in [0.717, 1.165) is 51.4 Å². The van der Waals surface area contributed by atoms with E-state index in [-0.39, 0.29) is 29.5 Å². The van der Waals surface area contributed by atoms with Gasteiger partial charge < -0.3 is 9.84 Å². The number of ether oxygens (including phenoxy) is 1. The van der Waals surface area contributed by atoms with Gasteiger partial charge in [0, 0.05) is 30.6 Å². The van der Waals surface area contributed by atoms with Gasteiger partial charge in [-0.1, -0.05) is 18.6 Å². The molecule has 3 fully saturated rings. The van der Waals surface area contributed by atoms with Gasteiger partial charge in [0.05, 0.1) is 6.61 Å². The molecule has 4 nitrogen and oxygen atoms in total. The SMILES string of the molecule is CC(=O)O[C@@H]1CC[C@@]2(CO)C(=CC[C@@H]3[C@@H]2CC[C@]2(C)C(=O)CC[C@@H]32)C1. The Balaban J connectivity index is 1.63. The molecular formula is C21H30O4. The third-order valence-corrected chi connectivity index (χ3v) is 8.11. The highest BCUT2D eigenvalue weighted by Gasteiger charge is 2.59. The summed E-state index contributed by atoms with van der Waals surface area (Å²) in [6.45, 7) is 3.84. The standard InChI is InChI=1S/C21H30O4/c1-13(23)25-15-7-10-21(12-22)14(11-15)3-4-16-17-5-6-19(24)20(17,2)9-8-18(16)21/h3,15-18,22H,4-12H2,1-2H3/t15-,16+,17+,18+,20+,21-/m1/s1. The lowest BCUT2D eigenvalue weighted by atomic mass is 9.47. The number of ketones is 1. The van der Waals surface area contributed by atoms with Crippen LogP contribution in [0.4, 0.5) is 0 Å². The smallest absolute Gasteiger partial charge is 0.302 e. The number of fused-ring (bicyclic) bond motifs is 5. The van der Waals surface area contributed by atoms with Crippen LogP contribution in [0.25, 0.3) is 0 Å². The topological polar surface area (TPSA) is 63.6 Å². The van der Waals surface area contributed by atoms with Crippen molar-refractivity contribution < 1.29 is 19.4 Å². The fourth-order valence-corrected chi connectivity index (χ4v) is 6.82. The number of hydrogen-bond donors (Lipinski definition) is 1. The second kappa shape index (κ2) is 5.94. The van der Waals surface area contributed by atoms with Gasteiger partial charge in [0.15, 0.2) is 0 Å². The lowest BCUT2D eigenvalue weighted by Gasteiger charge is -2.57. The Bertz CT molecular complexity index is 623. The van der Waals surface area contributed by atoms with Gasteiger partial charge in [-0.25, -0.2) is 0 Å². The summed E-state index contributed by atoms with van der Waals surface area (Å²) in [5.41, 5.74) is 1.03. The Morgan fingerprint density at radius 1 is 1.28 bits per heavy atom. The van der Waals surface area contributed by atoms with Crippen molar-refractivity contribution >= 4 is 11.8 Å². The average Bonchev–Trinajstić information content (AvgIpc) is 2.89. The molecule has 0 radical (unpaired) electrons. The van der Waals surface area contributed by atoms with Crippen molar-refractivity contribution in [3.63, 3.8) is 0 Å². The van der Waals surface area contributed by atoms with E-state index in [2.05, 4.69) is 13.0 Å². The second-order valence-corrected chi connectivity index (χ2v) is 9.05. The number of hydrogen-bond acceptors (Lipinski definition) is 4. The van der Waals surface area contributed by atoms with Gasteiger partial charge in [-0.15, -0.1) is 0 Å². The number of Topliss-reactive ketones (excluding diaryl/α,β-unsaturated/α-hetero) is 1. The molecule has 0 aliphatic heterocycles. The van der Waals surface area contributed by atoms with Crippen LogP contribution in [0.2, 0.25) is 0 Å². The van der Waals surface area contributed by atoms with Gasteiger partial charge in [-0.3, -0.25) is 9.59 Å². The van der Waals surface area contributed by atoms with Gasteiger partial charge >= 0.3 is 5.97 Å². The highest BCUT2D eigenvalue weighted by molar-refractivity contribution is 5.87. The zero-order chi connectivity index (χ0) is 17.8. The van der Waals surface area contributed by atoms with Gasteiger partial charge in [-0.05, 0) is 56.3 Å². The van der Waals surface area contributed by atoms with E-state index in [1.165, 1.54) is 12.5 Å². The molecule has 0 aromatic rings. The molecule has 0 aromatic heterocycles. The van der Waals surface area contributed by atoms with E-state index in [4.69, 9.17) is 4.74 Å². The zero-order valence-corrected chi connectivity index (χ0v) is 15.4. The van der Waals surface area contributed by atoms with E-state index >= 15 is 0 Å². The Morgan fingerprint density at radius 2 is 2.08 bits per heavy atom. The molecule has 0 bridgehead atoms. The minimum Gasteiger partial charge on any atom is -0.462 e. The molecule has 3 saturated carbocycles. The van der Waals surface area contributed by atoms with Crippen LogP contribution in [0.3, 0.4) is 0 Å². The third kappa shape index (κ3) is 2.43. The zero-order valence-electron chi connectivity index (χ0n) is 15.4. The van der Waals surface area contributed by atoms with E-state index in [9.17, 15) is 14.7 Å². The number of allylic oxidation sites excluding steroid dienone is 1. The fourth-order valence-electron chi connectivity index (χ4n) is 6.82. The van der Waals surface area contributed by atoms with Gasteiger partial charge in [0.1, 0.15) is 11.9 Å². The van der Waals surface area contributed by atoms with Crippen molar-refractivity contribution in [2.24, 2.45) is 28.6 Å². The summed E-state index contributed by atoms with van der Waals surface area (Å²) in [6.07, 6.45) is 9.57. The van der Waals surface area contributed by atoms with Gasteiger partial charge in [0.25, 0.3) is 0 Å². The largest absolute Gasteiger partial charge is 0.462 e. The molecule has 0 spiro atoms. The van der Waals surface area contributed by atoms with Crippen molar-refractivity contribution in [3.8, 4) is 0 Å². The van der Waals surface area contributed by atoms with E-state index in [0.29, 0.717) is 23.5 Å². The predicted molar refractivity (Wildman–Crippen MR) is 93.7 cm³/mol. The van der Waals surface area contributed by atoms with Crippen LogP contribution >= 0.6 is 0 Å². The minimum atomic E-state index is -0.214. The number of aliphatic hydroxyl groups is 1. The minimum absolute atomic E-state index is 0.0399. The monoisotopic (exact) mass is 346 g/mol. The molecule has 4 aliphatic rings. The molecule has 0 heterocycles. The third-order valence-electron chi connectivity index (χ3n) is 8.11. The molecule has 6 atom stereocenters. The van der Waals surface area contributed by atoms with Crippen LogP contribution in [0, 0.1) is 28.6 Å². The number of carbonyl (C=O) groups is 2. The summed E-state index contributed by atoms with van der Waals surface area (Å²) in [4.78, 5) is 23.8. The Morgan fingerprint density at radius 3 is 2.80 bits per heavy atom. The molecule has 4 heteroatoms. The maximum Gasteiger partial charge on any atom is 0.302 e. The molecule has 0 saturated heterocycles. The Hall–Kier alpha value is -1.16. The van der Waals surface area contributed by atoms with Crippen LogP contribution in [0.15, 0.2) is 11.6 Å². The van der Waals surface area contributed by atoms with E-state index in [1.807, 2.05) is 0 Å². The summed E-state index contributed by atoms with van der Waals surface area (Å²) in [7, 11) is 0. The molecule has 0 unspecified atom stereocenters. The Labute approximate surface area is 150 Å². The summed E-state index contributed by atoms with van der Waals surface area (Å²) >= 11 is 0. The lowest BCUT2D eigenvalue weighted by Crippen LogP contribution is -2.53. The molecule has 0 aromatic carbocycles. The Kier molecular flexibility index (Phi) is 4.10. The first-order valence-electron chi connectivity index (χ1n) is 9.91. The number of aliphatic hydroxyl groups excluding tert-OH is 1. The van der Waals surface area contributed by atoms with Crippen molar-refractivity contribution in [1.82, 2.24) is 0 Å². The van der Waals surface area contributed by atoms with Crippen LogP contribution < -0.4 is 0 Å². The lowest BCUT2D eigenvalue weighted by molar-refractivity contribution is -0.149. The fraction of sp³-hybridized carbons (Fsp3) is 0.810. The first kappa shape index (κ1) is 17.3. The summed E-state index contributed by atoms with van der Waals surface area (Å²) in [6, 6.07) is 0. The highest BCUT2D eigenvalue weighted by atomic mass is 16.5. The molecule has 1 N–H and O–H groups in total. The van der Waals surface area contributed by atoms with Gasteiger partial charge in [-0.2, -0.15) is 0 Å². The molecular weight excluding hydrogens is 316 g/mol. The number of carbonyl (C=O) groups excluding carboxylic acids is 2.